The minimum absolute atomic E-state index is 0.196. The Balaban J connectivity index is 2.35. The third kappa shape index (κ3) is 2.42. The van der Waals surface area contributed by atoms with Crippen LogP contribution in [0.15, 0.2) is 38.4 Å². The predicted molar refractivity (Wildman–Crippen MR) is 74.9 cm³/mol. The van der Waals surface area contributed by atoms with Crippen LogP contribution in [-0.2, 0) is 13.2 Å². The normalized spacial score (nSPS) is 12.0. The van der Waals surface area contributed by atoms with Crippen LogP contribution in [0.5, 0.6) is 0 Å². The molecule has 120 valence electrons. The van der Waals surface area contributed by atoms with E-state index in [-0.39, 0.29) is 16.8 Å². The van der Waals surface area contributed by atoms with E-state index in [0.29, 0.717) is 20.2 Å². The van der Waals surface area contributed by atoms with E-state index in [1.165, 1.54) is 18.2 Å². The smallest absolute Gasteiger partial charge is 0.354 e. The van der Waals surface area contributed by atoms with Crippen LogP contribution in [-0.4, -0.2) is 14.3 Å². The monoisotopic (exact) mass is 345 g/mol. The highest BCUT2D eigenvalue weighted by Crippen LogP contribution is 2.27. The molecule has 2 aromatic heterocycles. The van der Waals surface area contributed by atoms with E-state index in [2.05, 4.69) is 5.16 Å². The Hall–Kier alpha value is -2.55. The molecule has 0 atom stereocenters. The molecule has 0 saturated carbocycles. The molecule has 6 nitrogen and oxygen atoms in total. The first-order chi connectivity index (χ1) is 10.7. The fraction of sp³-hybridized carbons (Fsp3) is 0.154. The molecule has 0 bridgehead atoms. The molecule has 0 N–H and O–H groups in total. The summed E-state index contributed by atoms with van der Waals surface area (Å²) in [5.41, 5.74) is -3.50. The van der Waals surface area contributed by atoms with E-state index in [1.54, 1.807) is 0 Å². The third-order valence-electron chi connectivity index (χ3n) is 3.24. The zero-order chi connectivity index (χ0) is 16.9. The lowest BCUT2D eigenvalue weighted by atomic mass is 10.2. The standard InChI is InChI=1S/C13H7ClF3N3O3/c1-19-9(13(15,16)17)5-10(21)20(12(19)22)11-7-3-2-6(14)4-8(7)23-18-11/h2-5H,1H3. The SMILES string of the molecule is Cn1c(C(F)(F)F)cc(=O)n(-c2noc3cc(Cl)ccc23)c1=O. The molecule has 0 aliphatic rings. The zero-order valence-corrected chi connectivity index (χ0v) is 12.1. The number of rotatable bonds is 1. The highest BCUT2D eigenvalue weighted by Gasteiger charge is 2.35. The van der Waals surface area contributed by atoms with Gasteiger partial charge in [0, 0.05) is 24.2 Å². The number of nitrogens with zero attached hydrogens (tertiary/aromatic N) is 3. The van der Waals surface area contributed by atoms with Crippen molar-refractivity contribution in [2.75, 3.05) is 0 Å². The van der Waals surface area contributed by atoms with Crippen LogP contribution in [0, 0.1) is 0 Å². The number of hydrogen-bond acceptors (Lipinski definition) is 4. The maximum absolute atomic E-state index is 12.8. The summed E-state index contributed by atoms with van der Waals surface area (Å²) in [5, 5.41) is 4.21. The number of aromatic nitrogens is 3. The second-order valence-electron chi connectivity index (χ2n) is 4.69. The van der Waals surface area contributed by atoms with Gasteiger partial charge in [0.25, 0.3) is 5.56 Å². The lowest BCUT2D eigenvalue weighted by molar-refractivity contribution is -0.144. The summed E-state index contributed by atoms with van der Waals surface area (Å²) in [4.78, 5) is 24.2. The van der Waals surface area contributed by atoms with E-state index < -0.39 is 23.1 Å². The van der Waals surface area contributed by atoms with Crippen molar-refractivity contribution < 1.29 is 17.7 Å². The van der Waals surface area contributed by atoms with Crippen molar-refractivity contribution in [2.45, 2.75) is 6.18 Å². The molecule has 0 fully saturated rings. The summed E-state index contributed by atoms with van der Waals surface area (Å²) in [7, 11) is 0.917. The summed E-state index contributed by atoms with van der Waals surface area (Å²) in [5.74, 6) is -0.198. The molecule has 0 saturated heterocycles. The van der Waals surface area contributed by atoms with E-state index in [4.69, 9.17) is 16.1 Å². The summed E-state index contributed by atoms with van der Waals surface area (Å²) in [6.07, 6.45) is -4.83. The Labute approximate surface area is 130 Å². The minimum Gasteiger partial charge on any atom is -0.354 e. The van der Waals surface area contributed by atoms with E-state index in [9.17, 15) is 22.8 Å². The lowest BCUT2D eigenvalue weighted by Gasteiger charge is -2.12. The molecule has 10 heteroatoms. The summed E-state index contributed by atoms with van der Waals surface area (Å²) < 4.78 is 44.3. The molecule has 0 radical (unpaired) electrons. The van der Waals surface area contributed by atoms with Crippen molar-refractivity contribution in [3.05, 3.63) is 55.8 Å². The second kappa shape index (κ2) is 4.98. The van der Waals surface area contributed by atoms with E-state index >= 15 is 0 Å². The molecule has 0 unspecified atom stereocenters. The van der Waals surface area contributed by atoms with Gasteiger partial charge in [-0.1, -0.05) is 16.8 Å². The van der Waals surface area contributed by atoms with Crippen molar-refractivity contribution in [2.24, 2.45) is 7.05 Å². The second-order valence-corrected chi connectivity index (χ2v) is 5.13. The quantitative estimate of drug-likeness (QED) is 0.679. The van der Waals surface area contributed by atoms with Crippen LogP contribution >= 0.6 is 11.6 Å². The van der Waals surface area contributed by atoms with E-state index in [1.807, 2.05) is 0 Å². The first-order valence-electron chi connectivity index (χ1n) is 6.16. The third-order valence-corrected chi connectivity index (χ3v) is 3.47. The lowest BCUT2D eigenvalue weighted by Crippen LogP contribution is -2.40. The highest BCUT2D eigenvalue weighted by atomic mass is 35.5. The Morgan fingerprint density at radius 1 is 1.22 bits per heavy atom. The molecule has 3 aromatic rings. The highest BCUT2D eigenvalue weighted by molar-refractivity contribution is 6.31. The number of fused-ring (bicyclic) bond motifs is 1. The van der Waals surface area contributed by atoms with Crippen LogP contribution in [0.4, 0.5) is 13.2 Å². The van der Waals surface area contributed by atoms with Crippen molar-refractivity contribution in [3.63, 3.8) is 0 Å². The molecule has 0 amide bonds. The Morgan fingerprint density at radius 2 is 1.91 bits per heavy atom. The maximum Gasteiger partial charge on any atom is 0.431 e. The Morgan fingerprint density at radius 3 is 2.57 bits per heavy atom. The van der Waals surface area contributed by atoms with Crippen LogP contribution < -0.4 is 11.2 Å². The average Bonchev–Trinajstić information content (AvgIpc) is 2.84. The molecule has 0 aliphatic carbocycles. The van der Waals surface area contributed by atoms with Crippen LogP contribution in [0.25, 0.3) is 16.8 Å². The fourth-order valence-electron chi connectivity index (χ4n) is 2.15. The number of hydrogen-bond donors (Lipinski definition) is 0. The average molecular weight is 346 g/mol. The van der Waals surface area contributed by atoms with Crippen LogP contribution in [0.1, 0.15) is 5.69 Å². The Kier molecular flexibility index (Phi) is 3.33. The van der Waals surface area contributed by atoms with Crippen molar-refractivity contribution in [3.8, 4) is 5.82 Å². The van der Waals surface area contributed by atoms with Gasteiger partial charge in [0.2, 0.25) is 0 Å². The number of alkyl halides is 3. The summed E-state index contributed by atoms with van der Waals surface area (Å²) in [6, 6.07) is 4.67. The molecule has 2 heterocycles. The Bertz CT molecular complexity index is 1030. The van der Waals surface area contributed by atoms with Gasteiger partial charge in [-0.3, -0.25) is 9.36 Å². The number of benzene rings is 1. The van der Waals surface area contributed by atoms with Crippen molar-refractivity contribution >= 4 is 22.6 Å². The molecule has 1 aromatic carbocycles. The number of halogens is 4. The molecule has 23 heavy (non-hydrogen) atoms. The molecule has 0 spiro atoms. The van der Waals surface area contributed by atoms with Crippen molar-refractivity contribution in [1.29, 1.82) is 0 Å². The topological polar surface area (TPSA) is 70.0 Å². The van der Waals surface area contributed by atoms with E-state index in [0.717, 1.165) is 7.05 Å². The molecular weight excluding hydrogens is 339 g/mol. The van der Waals surface area contributed by atoms with Gasteiger partial charge >= 0.3 is 11.9 Å². The summed E-state index contributed by atoms with van der Waals surface area (Å²) >= 11 is 5.79. The van der Waals surface area contributed by atoms with Gasteiger partial charge in [0.15, 0.2) is 11.4 Å². The van der Waals surface area contributed by atoms with Crippen LogP contribution in [0.3, 0.4) is 0 Å². The molecule has 0 aliphatic heterocycles. The van der Waals surface area contributed by atoms with Crippen molar-refractivity contribution in [1.82, 2.24) is 14.3 Å². The summed E-state index contributed by atoms with van der Waals surface area (Å²) in [6.45, 7) is 0. The minimum atomic E-state index is -4.83. The van der Waals surface area contributed by atoms with Gasteiger partial charge in [-0.15, -0.1) is 0 Å². The first kappa shape index (κ1) is 15.3. The van der Waals surface area contributed by atoms with Gasteiger partial charge in [-0.2, -0.15) is 13.2 Å². The zero-order valence-electron chi connectivity index (χ0n) is 11.4. The molecular formula is C13H7ClF3N3O3. The van der Waals surface area contributed by atoms with Crippen LogP contribution in [0.2, 0.25) is 5.02 Å². The van der Waals surface area contributed by atoms with Gasteiger partial charge < -0.3 is 4.52 Å². The van der Waals surface area contributed by atoms with Gasteiger partial charge in [0.05, 0.1) is 5.39 Å². The van der Waals surface area contributed by atoms with Gasteiger partial charge in [-0.05, 0) is 12.1 Å². The predicted octanol–water partition coefficient (Wildman–Crippen LogP) is 2.35. The van der Waals surface area contributed by atoms with Gasteiger partial charge in [0.1, 0.15) is 5.69 Å². The maximum atomic E-state index is 12.8. The first-order valence-corrected chi connectivity index (χ1v) is 6.53. The van der Waals surface area contributed by atoms with Gasteiger partial charge in [-0.25, -0.2) is 9.36 Å². The molecule has 3 rings (SSSR count). The fourth-order valence-corrected chi connectivity index (χ4v) is 2.31. The largest absolute Gasteiger partial charge is 0.431 e.